The first-order valence-electron chi connectivity index (χ1n) is 9.00. The van der Waals surface area contributed by atoms with Crippen molar-refractivity contribution in [1.29, 1.82) is 0 Å². The van der Waals surface area contributed by atoms with E-state index in [4.69, 9.17) is 4.57 Å². The third-order valence-electron chi connectivity index (χ3n) is 4.88. The molecule has 0 bridgehead atoms. The largest absolute Gasteiger partial charge is 0.481 e. The normalized spacial score (nSPS) is 14.4. The van der Waals surface area contributed by atoms with Crippen LogP contribution in [0.15, 0.2) is 12.1 Å². The van der Waals surface area contributed by atoms with Crippen LogP contribution in [0, 0.1) is 43.9 Å². The Morgan fingerprint density at radius 2 is 1.46 bits per heavy atom. The van der Waals surface area contributed by atoms with Crippen molar-refractivity contribution in [1.82, 2.24) is 0 Å². The lowest BCUT2D eigenvalue weighted by molar-refractivity contribution is -0.152. The zero-order chi connectivity index (χ0) is 20.8. The maximum Gasteiger partial charge on any atom is 0.310 e. The molecule has 0 radical (unpaired) electrons. The van der Waals surface area contributed by atoms with Crippen molar-refractivity contribution in [3.05, 3.63) is 34.4 Å². The average Bonchev–Trinajstić information content (AvgIpc) is 2.46. The number of rotatable bonds is 7. The number of carboxylic acid groups (broad SMARTS) is 1. The molecule has 0 aliphatic carbocycles. The number of hydrogen-bond acceptors (Lipinski definition) is 3. The third-order valence-corrected chi connectivity index (χ3v) is 4.88. The van der Waals surface area contributed by atoms with Gasteiger partial charge in [0.25, 0.3) is 0 Å². The number of carboxylic acids is 1. The van der Waals surface area contributed by atoms with Gasteiger partial charge in [0.05, 0.1) is 5.41 Å². The predicted molar refractivity (Wildman–Crippen MR) is 109 cm³/mol. The Kier molecular flexibility index (Phi) is 9.38. The van der Waals surface area contributed by atoms with Crippen LogP contribution in [0.2, 0.25) is 0 Å². The van der Waals surface area contributed by atoms with Crippen LogP contribution in [0.25, 0.3) is 0 Å². The van der Waals surface area contributed by atoms with Crippen LogP contribution < -0.4 is 0 Å². The van der Waals surface area contributed by atoms with Gasteiger partial charge in [0.1, 0.15) is 0 Å². The molecule has 5 heteroatoms. The van der Waals surface area contributed by atoms with E-state index in [2.05, 4.69) is 0 Å². The molecule has 1 aromatic carbocycles. The summed E-state index contributed by atoms with van der Waals surface area (Å²) in [4.78, 5) is 25.5. The van der Waals surface area contributed by atoms with Gasteiger partial charge in [-0.15, -0.1) is 0 Å². The van der Waals surface area contributed by atoms with E-state index in [-0.39, 0.29) is 17.6 Å². The number of hydrogen-bond donors (Lipinski definition) is 1. The Bertz CT molecular complexity index is 628. The van der Waals surface area contributed by atoms with Crippen molar-refractivity contribution in [3.63, 3.8) is 0 Å². The van der Waals surface area contributed by atoms with E-state index in [9.17, 15) is 14.7 Å². The van der Waals surface area contributed by atoms with Crippen molar-refractivity contribution in [2.45, 2.75) is 61.8 Å². The lowest BCUT2D eigenvalue weighted by Crippen LogP contribution is -2.44. The summed E-state index contributed by atoms with van der Waals surface area (Å²) >= 11 is 0. The van der Waals surface area contributed by atoms with Crippen LogP contribution in [0.5, 0.6) is 0 Å². The summed E-state index contributed by atoms with van der Waals surface area (Å²) in [5.74, 6) is -1.30. The van der Waals surface area contributed by atoms with E-state index >= 15 is 0 Å². The van der Waals surface area contributed by atoms with Crippen molar-refractivity contribution in [2.24, 2.45) is 23.2 Å². The van der Waals surface area contributed by atoms with Crippen LogP contribution in [-0.4, -0.2) is 16.9 Å². The van der Waals surface area contributed by atoms with E-state index in [1.807, 2.05) is 60.6 Å². The first-order chi connectivity index (χ1) is 11.9. The lowest BCUT2D eigenvalue weighted by Gasteiger charge is -2.37. The minimum Gasteiger partial charge on any atom is -0.481 e. The van der Waals surface area contributed by atoms with E-state index in [0.29, 0.717) is 12.0 Å². The van der Waals surface area contributed by atoms with Gasteiger partial charge in [0.15, 0.2) is 5.78 Å². The van der Waals surface area contributed by atoms with Crippen LogP contribution in [0.1, 0.15) is 68.1 Å². The zero-order valence-corrected chi connectivity index (χ0v) is 18.5. The van der Waals surface area contributed by atoms with E-state index in [0.717, 1.165) is 16.7 Å². The molecule has 26 heavy (non-hydrogen) atoms. The number of carbonyl (C=O) groups is 2. The highest BCUT2D eigenvalue weighted by atomic mass is 31.0. The van der Waals surface area contributed by atoms with Crippen molar-refractivity contribution in [3.8, 4) is 0 Å². The second-order valence-electron chi connectivity index (χ2n) is 8.18. The Morgan fingerprint density at radius 3 is 1.77 bits per heavy atom. The molecule has 146 valence electrons. The Labute approximate surface area is 160 Å². The van der Waals surface area contributed by atoms with Crippen molar-refractivity contribution >= 4 is 20.9 Å². The quantitative estimate of drug-likeness (QED) is 0.506. The molecule has 0 aliphatic heterocycles. The van der Waals surface area contributed by atoms with Crippen molar-refractivity contribution in [2.75, 3.05) is 0 Å². The summed E-state index contributed by atoms with van der Waals surface area (Å²) in [6.07, 6.45) is 0.487. The van der Waals surface area contributed by atoms with Gasteiger partial charge < -0.3 is 5.11 Å². The van der Waals surface area contributed by atoms with Gasteiger partial charge in [-0.1, -0.05) is 50.0 Å². The molecular weight excluding hydrogens is 347 g/mol. The molecular formula is C21H34O4P+. The second kappa shape index (κ2) is 9.97. The Morgan fingerprint density at radius 1 is 1.04 bits per heavy atom. The lowest BCUT2D eigenvalue weighted by atomic mass is 9.64. The smallest absolute Gasteiger partial charge is 0.310 e. The number of ketones is 1. The zero-order valence-electron chi connectivity index (χ0n) is 17.3. The molecule has 0 spiro atoms. The molecule has 0 amide bonds. The number of benzene rings is 1. The first-order valence-corrected chi connectivity index (χ1v) is 9.48. The van der Waals surface area contributed by atoms with Gasteiger partial charge in [0.2, 0.25) is 0 Å². The molecule has 0 saturated carbocycles. The summed E-state index contributed by atoms with van der Waals surface area (Å²) < 4.78 is 8.17. The highest BCUT2D eigenvalue weighted by Crippen LogP contribution is 2.42. The molecule has 4 nitrogen and oxygen atoms in total. The summed E-state index contributed by atoms with van der Waals surface area (Å²) in [7, 11) is 1.17. The highest BCUT2D eigenvalue weighted by molar-refractivity contribution is 7.00. The van der Waals surface area contributed by atoms with Crippen LogP contribution >= 0.6 is 9.12 Å². The molecule has 1 rings (SSSR count). The fourth-order valence-electron chi connectivity index (χ4n) is 4.25. The van der Waals surface area contributed by atoms with Gasteiger partial charge >= 0.3 is 15.1 Å². The van der Waals surface area contributed by atoms with Gasteiger partial charge in [0, 0.05) is 11.5 Å². The predicted octanol–water partition coefficient (Wildman–Crippen LogP) is 5.41. The molecule has 0 aromatic heterocycles. The number of carbonyl (C=O) groups excluding carboxylic acids is 1. The second-order valence-corrected chi connectivity index (χ2v) is 8.18. The van der Waals surface area contributed by atoms with Crippen LogP contribution in [0.3, 0.4) is 0 Å². The number of aliphatic carboxylic acids is 1. The minimum atomic E-state index is -1.07. The topological polar surface area (TPSA) is 71.4 Å². The highest BCUT2D eigenvalue weighted by Gasteiger charge is 2.47. The summed E-state index contributed by atoms with van der Waals surface area (Å²) in [6.45, 7) is 15.5. The number of Topliss-reactive ketones (excluding diaryl/α,β-unsaturated/α-hetero) is 1. The molecule has 0 heterocycles. The van der Waals surface area contributed by atoms with E-state index < -0.39 is 17.3 Å². The fourth-order valence-corrected chi connectivity index (χ4v) is 4.25. The minimum absolute atomic E-state index is 0.0365. The fraction of sp³-hybridized carbons (Fsp3) is 0.619. The maximum absolute atomic E-state index is 13.4. The number of aryl methyl sites for hydroxylation is 3. The van der Waals surface area contributed by atoms with Crippen LogP contribution in [0.4, 0.5) is 0 Å². The molecule has 3 unspecified atom stereocenters. The van der Waals surface area contributed by atoms with Crippen molar-refractivity contribution < 1.29 is 19.3 Å². The monoisotopic (exact) mass is 381 g/mol. The summed E-state index contributed by atoms with van der Waals surface area (Å²) in [5, 5.41) is 9.93. The molecule has 0 fully saturated rings. The molecule has 1 N–H and O–H groups in total. The Hall–Kier alpha value is -1.54. The summed E-state index contributed by atoms with van der Waals surface area (Å²) in [6, 6.07) is 4.00. The molecule has 0 aliphatic rings. The van der Waals surface area contributed by atoms with Gasteiger partial charge in [-0.3, -0.25) is 9.59 Å². The van der Waals surface area contributed by atoms with E-state index in [1.54, 1.807) is 6.92 Å². The SMILES string of the molecule is Cc1cc(C)c(C(=O)C(C(C)C)C(C)(CC(C)C)C(=O)O)c(C)c1.O=[PH2+]. The third kappa shape index (κ3) is 5.48. The molecule has 1 aromatic rings. The van der Waals surface area contributed by atoms with Gasteiger partial charge in [-0.25, -0.2) is 0 Å². The van der Waals surface area contributed by atoms with Crippen LogP contribution in [-0.2, 0) is 9.36 Å². The Balaban J connectivity index is 0.00000301. The first kappa shape index (κ1) is 24.5. The average molecular weight is 381 g/mol. The van der Waals surface area contributed by atoms with Gasteiger partial charge in [-0.05, 0) is 57.1 Å². The van der Waals surface area contributed by atoms with Gasteiger partial charge in [-0.2, -0.15) is 0 Å². The van der Waals surface area contributed by atoms with E-state index in [1.165, 1.54) is 9.12 Å². The standard InChI is InChI=1S/C21H32O3.H2OP/c1-12(2)11-21(8,20(23)24)18(13(3)4)19(22)17-15(6)9-14(5)10-16(17)7;1-2/h9-10,12-13,18H,11H2,1-8H3,(H,23,24);2H2/q;+1. The summed E-state index contributed by atoms with van der Waals surface area (Å²) in [5.41, 5.74) is 2.60. The molecule has 3 atom stereocenters. The maximum atomic E-state index is 13.4. The molecule has 0 saturated heterocycles.